The van der Waals surface area contributed by atoms with Crippen LogP contribution in [0.5, 0.6) is 0 Å². The van der Waals surface area contributed by atoms with Gasteiger partial charge in [-0.3, -0.25) is 0 Å². The Kier molecular flexibility index (Phi) is 13.8. The second-order valence-electron chi connectivity index (χ2n) is 12.4. The molecule has 0 fully saturated rings. The molecule has 0 aliphatic carbocycles. The highest BCUT2D eigenvalue weighted by Crippen LogP contribution is 2.67. The van der Waals surface area contributed by atoms with Crippen molar-refractivity contribution in [2.24, 2.45) is 0 Å². The van der Waals surface area contributed by atoms with Crippen LogP contribution >= 0.6 is 14.5 Å². The first-order valence-corrected chi connectivity index (χ1v) is 20.6. The average molecular weight is 788 g/mol. The van der Waals surface area contributed by atoms with Gasteiger partial charge in [-0.05, 0) is 60.7 Å². The summed E-state index contributed by atoms with van der Waals surface area (Å²) in [6.07, 6.45) is -7.83. The van der Waals surface area contributed by atoms with Crippen LogP contribution in [-0.4, -0.2) is 12.3 Å². The summed E-state index contributed by atoms with van der Waals surface area (Å²) < 4.78 is 87.3. The minimum absolute atomic E-state index is 0. The van der Waals surface area contributed by atoms with Gasteiger partial charge in [-0.2, -0.15) is 26.3 Å². The van der Waals surface area contributed by atoms with Crippen molar-refractivity contribution in [3.63, 3.8) is 0 Å². The summed E-state index contributed by atoms with van der Waals surface area (Å²) in [7, 11) is -5.40. The molecule has 10 heteroatoms. The van der Waals surface area contributed by atoms with Crippen LogP contribution in [0.1, 0.15) is 22.3 Å². The zero-order valence-corrected chi connectivity index (χ0v) is 31.2. The maximum Gasteiger partial charge on any atom is 0.416 e. The van der Waals surface area contributed by atoms with Crippen molar-refractivity contribution in [1.29, 1.82) is 0 Å². The molecule has 0 aliphatic rings. The van der Waals surface area contributed by atoms with Crippen molar-refractivity contribution in [3.8, 4) is 0 Å². The van der Waals surface area contributed by atoms with Crippen molar-refractivity contribution in [1.82, 2.24) is 0 Å². The summed E-state index contributed by atoms with van der Waals surface area (Å²) in [6.45, 7) is 0. The third kappa shape index (κ3) is 8.92. The molecule has 0 aromatic heterocycles. The highest BCUT2D eigenvalue weighted by Gasteiger charge is 2.52. The molecule has 6 aromatic carbocycles. The van der Waals surface area contributed by atoms with E-state index in [4.69, 9.17) is 0 Å². The van der Waals surface area contributed by atoms with Crippen LogP contribution in [0.3, 0.4) is 0 Å². The Morgan fingerprint density at radius 1 is 0.327 bits per heavy atom. The van der Waals surface area contributed by atoms with Crippen LogP contribution in [0, 0.1) is 0 Å². The third-order valence-corrected chi connectivity index (χ3v) is 18.6. The number of hydrogen-bond acceptors (Lipinski definition) is 0. The molecular formula is C42H36Cl2F6P2. The second-order valence-corrected chi connectivity index (χ2v) is 19.8. The fraction of sp³-hybridized carbons (Fsp3) is 0.143. The summed E-state index contributed by atoms with van der Waals surface area (Å²) in [6, 6.07) is 50.5. The molecule has 0 saturated carbocycles. The fourth-order valence-corrected chi connectivity index (χ4v) is 17.1. The molecule has 0 spiro atoms. The molecule has 0 radical (unpaired) electrons. The van der Waals surface area contributed by atoms with Gasteiger partial charge in [-0.25, -0.2) is 0 Å². The van der Waals surface area contributed by atoms with Gasteiger partial charge in [-0.1, -0.05) is 109 Å². The molecule has 0 nitrogen and oxygen atoms in total. The van der Waals surface area contributed by atoms with E-state index < -0.39 is 38.0 Å². The van der Waals surface area contributed by atoms with Crippen LogP contribution < -0.4 is 46.0 Å². The van der Waals surface area contributed by atoms with Gasteiger partial charge in [0, 0.05) is 11.1 Å². The van der Waals surface area contributed by atoms with Crippen molar-refractivity contribution in [2.45, 2.75) is 24.7 Å². The lowest BCUT2D eigenvalue weighted by Crippen LogP contribution is -3.00. The number of rotatable bonds is 11. The van der Waals surface area contributed by atoms with Crippen LogP contribution in [0.4, 0.5) is 26.3 Å². The van der Waals surface area contributed by atoms with Crippen molar-refractivity contribution < 1.29 is 51.2 Å². The Morgan fingerprint density at radius 2 is 0.558 bits per heavy atom. The van der Waals surface area contributed by atoms with Gasteiger partial charge < -0.3 is 24.8 Å². The molecule has 52 heavy (non-hydrogen) atoms. The molecule has 0 amide bonds. The summed E-state index contributed by atoms with van der Waals surface area (Å²) in [5, 5.41) is 3.83. The maximum atomic E-state index is 14.5. The summed E-state index contributed by atoms with van der Waals surface area (Å²) in [5.74, 6) is 0. The Hall–Kier alpha value is -3.66. The van der Waals surface area contributed by atoms with E-state index in [0.717, 1.165) is 33.4 Å². The topological polar surface area (TPSA) is 0 Å². The minimum Gasteiger partial charge on any atom is -1.00 e. The van der Waals surface area contributed by atoms with Crippen LogP contribution in [0.2, 0.25) is 0 Å². The zero-order chi connectivity index (χ0) is 35.2. The molecule has 0 N–H and O–H groups in total. The van der Waals surface area contributed by atoms with Gasteiger partial charge in [0.25, 0.3) is 0 Å². The predicted octanol–water partition coefficient (Wildman–Crippen LogP) is 4.77. The van der Waals surface area contributed by atoms with E-state index in [2.05, 4.69) is 0 Å². The average Bonchev–Trinajstić information content (AvgIpc) is 3.14. The SMILES string of the molecule is FC(F)(F)c1ccccc1C[P+](CC[P+](Cc1ccccc1C(F)(F)F)(c1ccccc1)c1ccccc1)(c1ccccc1)c1ccccc1.[Cl-].[Cl-]. The molecule has 6 aromatic rings. The number of hydrogen-bond donors (Lipinski definition) is 0. The minimum atomic E-state index is -4.55. The summed E-state index contributed by atoms with van der Waals surface area (Å²) >= 11 is 0. The van der Waals surface area contributed by atoms with Crippen molar-refractivity contribution in [3.05, 3.63) is 192 Å². The zero-order valence-electron chi connectivity index (χ0n) is 27.9. The summed E-state index contributed by atoms with van der Waals surface area (Å²) in [4.78, 5) is 0. The van der Waals surface area contributed by atoms with Crippen molar-refractivity contribution >= 4 is 35.7 Å². The summed E-state index contributed by atoms with van der Waals surface area (Å²) in [5.41, 5.74) is -0.899. The maximum absolute atomic E-state index is 14.5. The Labute approximate surface area is 314 Å². The van der Waals surface area contributed by atoms with Gasteiger partial charge in [0.2, 0.25) is 0 Å². The number of benzene rings is 6. The van der Waals surface area contributed by atoms with E-state index in [1.165, 1.54) is 12.1 Å². The molecule has 0 bridgehead atoms. The van der Waals surface area contributed by atoms with Gasteiger partial charge in [0.05, 0.1) is 59.2 Å². The molecule has 270 valence electrons. The molecule has 6 rings (SSSR count). The second kappa shape index (κ2) is 17.4. The lowest BCUT2D eigenvalue weighted by atomic mass is 10.1. The Bertz CT molecular complexity index is 1760. The van der Waals surface area contributed by atoms with Crippen LogP contribution in [-0.2, 0) is 24.7 Å². The Morgan fingerprint density at radius 3 is 0.808 bits per heavy atom. The molecule has 0 atom stereocenters. The van der Waals surface area contributed by atoms with Crippen LogP contribution in [0.25, 0.3) is 0 Å². The number of halogens is 8. The first-order chi connectivity index (χ1) is 24.0. The van der Waals surface area contributed by atoms with E-state index in [1.807, 2.05) is 121 Å². The normalized spacial score (nSPS) is 12.0. The monoisotopic (exact) mass is 786 g/mol. The third-order valence-electron chi connectivity index (χ3n) is 9.39. The van der Waals surface area contributed by atoms with Gasteiger partial charge >= 0.3 is 12.4 Å². The van der Waals surface area contributed by atoms with Crippen molar-refractivity contribution in [2.75, 3.05) is 12.3 Å². The molecule has 0 saturated heterocycles. The molecule has 0 aliphatic heterocycles. The van der Waals surface area contributed by atoms with Gasteiger partial charge in [0.15, 0.2) is 0 Å². The van der Waals surface area contributed by atoms with E-state index in [1.54, 1.807) is 24.3 Å². The predicted molar refractivity (Wildman–Crippen MR) is 198 cm³/mol. The standard InChI is InChI=1S/C42H36F6P2.2ClH/c43-41(44,45)39-27-15-13-17-33(39)31-49(35-19-5-1-6-20-35,36-21-7-2-8-22-36)29-30-50(37-23-9-3-10-24-37,38-25-11-4-12-26-38)32-34-18-14-16-28-40(34)42(46,47)48;;/h1-28H,29-32H2;2*1H/q+2;;/p-2. The number of alkyl halides is 6. The lowest BCUT2D eigenvalue weighted by Gasteiger charge is -2.33. The first kappa shape index (κ1) is 41.1. The van der Waals surface area contributed by atoms with Crippen LogP contribution in [0.15, 0.2) is 170 Å². The molecule has 0 heterocycles. The highest BCUT2D eigenvalue weighted by molar-refractivity contribution is 7.92. The Balaban J connectivity index is 0.00000302. The van der Waals surface area contributed by atoms with E-state index in [0.29, 0.717) is 12.3 Å². The quantitative estimate of drug-likeness (QED) is 0.131. The molecular weight excluding hydrogens is 751 g/mol. The fourth-order valence-electron chi connectivity index (χ4n) is 6.98. The van der Waals surface area contributed by atoms with E-state index >= 15 is 0 Å². The van der Waals surface area contributed by atoms with E-state index in [9.17, 15) is 26.3 Å². The largest absolute Gasteiger partial charge is 1.00 e. The van der Waals surface area contributed by atoms with Gasteiger partial charge in [-0.15, -0.1) is 0 Å². The first-order valence-electron chi connectivity index (χ1n) is 16.3. The van der Waals surface area contributed by atoms with Gasteiger partial charge in [0.1, 0.15) is 12.3 Å². The lowest BCUT2D eigenvalue weighted by molar-refractivity contribution is -0.138. The molecule has 0 unspecified atom stereocenters. The van der Waals surface area contributed by atoms with E-state index in [-0.39, 0.29) is 48.3 Å². The highest BCUT2D eigenvalue weighted by atomic mass is 35.5. The smallest absolute Gasteiger partial charge is 0.416 e.